The van der Waals surface area contributed by atoms with Crippen LogP contribution in [0.15, 0.2) is 24.3 Å². The van der Waals surface area contributed by atoms with Gasteiger partial charge in [-0.1, -0.05) is 24.3 Å². The van der Waals surface area contributed by atoms with E-state index in [1.165, 1.54) is 0 Å². The first-order chi connectivity index (χ1) is 8.61. The van der Waals surface area contributed by atoms with Crippen molar-refractivity contribution in [2.75, 3.05) is 0 Å². The van der Waals surface area contributed by atoms with Crippen LogP contribution >= 0.6 is 0 Å². The highest BCUT2D eigenvalue weighted by Crippen LogP contribution is 2.38. The summed E-state index contributed by atoms with van der Waals surface area (Å²) in [5.41, 5.74) is 1.03. The van der Waals surface area contributed by atoms with Gasteiger partial charge in [0.2, 0.25) is 0 Å². The fourth-order valence-electron chi connectivity index (χ4n) is 2.43. The molecule has 0 nitrogen and oxygen atoms in total. The smallest absolute Gasteiger partial charge is 0.198 e. The predicted octanol–water partition coefficient (Wildman–Crippen LogP) is 4.01. The number of aryl methyl sites for hydroxylation is 1. The van der Waals surface area contributed by atoms with E-state index in [1.807, 2.05) is 0 Å². The molecule has 0 bridgehead atoms. The number of hydrogen-bond donors (Lipinski definition) is 0. The summed E-state index contributed by atoms with van der Waals surface area (Å²) < 4.78 is 53.9. The van der Waals surface area contributed by atoms with Crippen LogP contribution in [-0.2, 0) is 12.8 Å². The molecule has 0 saturated carbocycles. The average Bonchev–Trinajstić information content (AvgIpc) is 2.41. The average molecular weight is 252 g/mol. The molecule has 2 aromatic carbocycles. The van der Waals surface area contributed by atoms with Crippen molar-refractivity contribution < 1.29 is 17.6 Å². The van der Waals surface area contributed by atoms with Crippen LogP contribution in [0.4, 0.5) is 17.6 Å². The largest absolute Gasteiger partial charge is 0.203 e. The first-order valence-corrected chi connectivity index (χ1v) is 5.54. The highest BCUT2D eigenvalue weighted by atomic mass is 19.2. The van der Waals surface area contributed by atoms with Crippen LogP contribution in [0.3, 0.4) is 0 Å². The normalized spacial score (nSPS) is 13.1. The lowest BCUT2D eigenvalue weighted by atomic mass is 9.85. The van der Waals surface area contributed by atoms with E-state index < -0.39 is 23.3 Å². The van der Waals surface area contributed by atoms with Crippen LogP contribution in [0, 0.1) is 23.3 Å². The zero-order valence-electron chi connectivity index (χ0n) is 9.24. The third kappa shape index (κ3) is 1.38. The highest BCUT2D eigenvalue weighted by molar-refractivity contribution is 5.74. The first kappa shape index (κ1) is 11.3. The fourth-order valence-corrected chi connectivity index (χ4v) is 2.43. The maximum absolute atomic E-state index is 13.8. The minimum Gasteiger partial charge on any atom is -0.203 e. The SMILES string of the molecule is Fc1c(F)c(F)c2c(c1F)CCc1ccccc1-2. The van der Waals surface area contributed by atoms with Gasteiger partial charge in [0.05, 0.1) is 0 Å². The Hall–Kier alpha value is -1.84. The van der Waals surface area contributed by atoms with Crippen LogP contribution < -0.4 is 0 Å². The number of halogens is 4. The maximum Gasteiger partial charge on any atom is 0.198 e. The Labute approximate surface area is 101 Å². The summed E-state index contributed by atoms with van der Waals surface area (Å²) in [6, 6.07) is 6.80. The highest BCUT2D eigenvalue weighted by Gasteiger charge is 2.29. The van der Waals surface area contributed by atoms with E-state index in [4.69, 9.17) is 0 Å². The summed E-state index contributed by atoms with van der Waals surface area (Å²) in [5.74, 6) is -6.07. The zero-order valence-corrected chi connectivity index (χ0v) is 9.24. The van der Waals surface area contributed by atoms with Gasteiger partial charge in [0.15, 0.2) is 23.3 Å². The van der Waals surface area contributed by atoms with E-state index >= 15 is 0 Å². The molecule has 1 aliphatic rings. The van der Waals surface area contributed by atoms with Gasteiger partial charge in [-0.25, -0.2) is 17.6 Å². The van der Waals surface area contributed by atoms with Crippen molar-refractivity contribution in [1.82, 2.24) is 0 Å². The molecular formula is C14H8F4. The molecule has 92 valence electrons. The Morgan fingerprint density at radius 3 is 2.17 bits per heavy atom. The predicted molar refractivity (Wildman–Crippen MR) is 59.1 cm³/mol. The van der Waals surface area contributed by atoms with Gasteiger partial charge in [0, 0.05) is 11.1 Å². The van der Waals surface area contributed by atoms with Crippen molar-refractivity contribution in [2.45, 2.75) is 12.8 Å². The lowest BCUT2D eigenvalue weighted by Crippen LogP contribution is -2.12. The number of hydrogen-bond acceptors (Lipinski definition) is 0. The summed E-state index contributed by atoms with van der Waals surface area (Å²) in [6.45, 7) is 0. The van der Waals surface area contributed by atoms with E-state index in [2.05, 4.69) is 0 Å². The van der Waals surface area contributed by atoms with Gasteiger partial charge in [0.25, 0.3) is 0 Å². The molecule has 4 heteroatoms. The molecule has 0 heterocycles. The topological polar surface area (TPSA) is 0 Å². The van der Waals surface area contributed by atoms with Crippen LogP contribution in [0.25, 0.3) is 11.1 Å². The monoisotopic (exact) mass is 252 g/mol. The van der Waals surface area contributed by atoms with Crippen molar-refractivity contribution >= 4 is 0 Å². The van der Waals surface area contributed by atoms with Gasteiger partial charge in [-0.05, 0) is 24.0 Å². The van der Waals surface area contributed by atoms with Gasteiger partial charge in [-0.3, -0.25) is 0 Å². The second-order valence-corrected chi connectivity index (χ2v) is 4.27. The molecule has 0 aliphatic heterocycles. The summed E-state index contributed by atoms with van der Waals surface area (Å²) in [6.07, 6.45) is 0.664. The quantitative estimate of drug-likeness (QED) is 0.377. The first-order valence-electron chi connectivity index (χ1n) is 5.54. The minimum atomic E-state index is -1.75. The Balaban J connectivity index is 2.41. The maximum atomic E-state index is 13.8. The van der Waals surface area contributed by atoms with Gasteiger partial charge in [0.1, 0.15) is 0 Å². The number of rotatable bonds is 0. The molecule has 0 fully saturated rings. The van der Waals surface area contributed by atoms with Gasteiger partial charge in [-0.2, -0.15) is 0 Å². The van der Waals surface area contributed by atoms with Crippen molar-refractivity contribution in [3.63, 3.8) is 0 Å². The second kappa shape index (κ2) is 3.83. The third-order valence-corrected chi connectivity index (χ3v) is 3.30. The Kier molecular flexibility index (Phi) is 2.40. The Morgan fingerprint density at radius 2 is 1.39 bits per heavy atom. The number of fused-ring (bicyclic) bond motifs is 3. The molecule has 0 amide bonds. The molecule has 0 spiro atoms. The molecule has 1 aliphatic carbocycles. The molecule has 0 unspecified atom stereocenters. The summed E-state index contributed by atoms with van der Waals surface area (Å²) in [4.78, 5) is 0. The molecule has 0 radical (unpaired) electrons. The minimum absolute atomic E-state index is 0.0786. The Bertz CT molecular complexity index is 647. The van der Waals surface area contributed by atoms with Crippen LogP contribution in [-0.4, -0.2) is 0 Å². The zero-order chi connectivity index (χ0) is 12.9. The van der Waals surface area contributed by atoms with Crippen LogP contribution in [0.5, 0.6) is 0 Å². The van der Waals surface area contributed by atoms with E-state index in [0.29, 0.717) is 12.0 Å². The lowest BCUT2D eigenvalue weighted by Gasteiger charge is -2.21. The van der Waals surface area contributed by atoms with Crippen molar-refractivity contribution in [2.24, 2.45) is 0 Å². The molecule has 0 saturated heterocycles. The summed E-state index contributed by atoms with van der Waals surface area (Å²) >= 11 is 0. The molecule has 3 rings (SSSR count). The molecular weight excluding hydrogens is 244 g/mol. The van der Waals surface area contributed by atoms with Crippen LogP contribution in [0.2, 0.25) is 0 Å². The lowest BCUT2D eigenvalue weighted by molar-refractivity contribution is 0.405. The summed E-state index contributed by atoms with van der Waals surface area (Å²) in [7, 11) is 0. The molecule has 0 aromatic heterocycles. The van der Waals surface area contributed by atoms with Gasteiger partial charge in [-0.15, -0.1) is 0 Å². The number of benzene rings is 2. The standard InChI is InChI=1S/C14H8F4/c15-11-9-6-5-7-3-1-2-4-8(7)10(9)12(16)14(18)13(11)17/h1-4H,5-6H2. The summed E-state index contributed by atoms with van der Waals surface area (Å²) in [5, 5.41) is 0. The van der Waals surface area contributed by atoms with E-state index in [9.17, 15) is 17.6 Å². The molecule has 0 atom stereocenters. The molecule has 2 aromatic rings. The van der Waals surface area contributed by atoms with Crippen molar-refractivity contribution in [3.8, 4) is 11.1 Å². The van der Waals surface area contributed by atoms with E-state index in [-0.39, 0.29) is 17.5 Å². The fraction of sp³-hybridized carbons (Fsp3) is 0.143. The third-order valence-electron chi connectivity index (χ3n) is 3.30. The van der Waals surface area contributed by atoms with Gasteiger partial charge < -0.3 is 0 Å². The Morgan fingerprint density at radius 1 is 0.722 bits per heavy atom. The van der Waals surface area contributed by atoms with Crippen LogP contribution in [0.1, 0.15) is 11.1 Å². The van der Waals surface area contributed by atoms with E-state index in [1.54, 1.807) is 24.3 Å². The van der Waals surface area contributed by atoms with E-state index in [0.717, 1.165) is 5.56 Å². The molecule has 0 N–H and O–H groups in total. The van der Waals surface area contributed by atoms with Crippen molar-refractivity contribution in [3.05, 3.63) is 58.7 Å². The second-order valence-electron chi connectivity index (χ2n) is 4.27. The molecule has 18 heavy (non-hydrogen) atoms. The van der Waals surface area contributed by atoms with Gasteiger partial charge >= 0.3 is 0 Å². The van der Waals surface area contributed by atoms with Crippen molar-refractivity contribution in [1.29, 1.82) is 0 Å².